The van der Waals surface area contributed by atoms with E-state index in [0.29, 0.717) is 0 Å². The third-order valence-electron chi connectivity index (χ3n) is 3.47. The number of likely N-dealkylation sites (tertiary alicyclic amines) is 1. The van der Waals surface area contributed by atoms with Crippen molar-refractivity contribution in [1.29, 1.82) is 0 Å². The van der Waals surface area contributed by atoms with Crippen LogP contribution in [0.15, 0.2) is 29.2 Å². The second-order valence-electron chi connectivity index (χ2n) is 5.05. The summed E-state index contributed by atoms with van der Waals surface area (Å²) in [6.07, 6.45) is 5.95. The zero-order valence-electron chi connectivity index (χ0n) is 11.7. The van der Waals surface area contributed by atoms with E-state index in [9.17, 15) is 4.79 Å². The van der Waals surface area contributed by atoms with Gasteiger partial charge in [-0.15, -0.1) is 11.8 Å². The van der Waals surface area contributed by atoms with Crippen molar-refractivity contribution in [2.45, 2.75) is 43.9 Å². The average Bonchev–Trinajstić information content (AvgIpc) is 2.73. The van der Waals surface area contributed by atoms with Crippen LogP contribution in [0.5, 0.6) is 0 Å². The average molecular weight is 277 g/mol. The summed E-state index contributed by atoms with van der Waals surface area (Å²) in [5.74, 6) is 1.30. The molecule has 1 aromatic rings. The van der Waals surface area contributed by atoms with E-state index in [4.69, 9.17) is 0 Å². The van der Waals surface area contributed by atoms with E-state index < -0.39 is 0 Å². The minimum atomic E-state index is 0.223. The maximum atomic E-state index is 12.6. The highest BCUT2D eigenvalue weighted by atomic mass is 32.2. The number of rotatable bonds is 4. The van der Waals surface area contributed by atoms with Crippen LogP contribution in [0.4, 0.5) is 0 Å². The SMILES string of the molecule is CCCSc1ccccc1C(=O)N1CCCCCC1. The zero-order chi connectivity index (χ0) is 13.5. The molecule has 2 rings (SSSR count). The van der Waals surface area contributed by atoms with Crippen molar-refractivity contribution in [2.24, 2.45) is 0 Å². The van der Waals surface area contributed by atoms with Crippen molar-refractivity contribution in [2.75, 3.05) is 18.8 Å². The van der Waals surface area contributed by atoms with Crippen LogP contribution in [0.1, 0.15) is 49.4 Å². The highest BCUT2D eigenvalue weighted by molar-refractivity contribution is 7.99. The first-order valence-electron chi connectivity index (χ1n) is 7.34. The lowest BCUT2D eigenvalue weighted by molar-refractivity contribution is 0.0758. The predicted octanol–water partition coefficient (Wildman–Crippen LogP) is 4.20. The molecule has 0 spiro atoms. The Labute approximate surface area is 120 Å². The molecule has 0 atom stereocenters. The minimum absolute atomic E-state index is 0.223. The first kappa shape index (κ1) is 14.4. The Balaban J connectivity index is 2.12. The number of nitrogens with zero attached hydrogens (tertiary/aromatic N) is 1. The van der Waals surface area contributed by atoms with E-state index in [0.717, 1.165) is 48.6 Å². The monoisotopic (exact) mass is 277 g/mol. The van der Waals surface area contributed by atoms with E-state index in [1.54, 1.807) is 11.8 Å². The van der Waals surface area contributed by atoms with Crippen molar-refractivity contribution < 1.29 is 4.79 Å². The first-order valence-corrected chi connectivity index (χ1v) is 8.32. The lowest BCUT2D eigenvalue weighted by Crippen LogP contribution is -2.32. The van der Waals surface area contributed by atoms with Crippen molar-refractivity contribution in [3.8, 4) is 0 Å². The lowest BCUT2D eigenvalue weighted by atomic mass is 10.2. The van der Waals surface area contributed by atoms with Crippen LogP contribution < -0.4 is 0 Å². The first-order chi connectivity index (χ1) is 9.33. The Bertz CT molecular complexity index is 411. The summed E-state index contributed by atoms with van der Waals surface area (Å²) in [6.45, 7) is 4.02. The van der Waals surface area contributed by atoms with E-state index in [2.05, 4.69) is 13.0 Å². The summed E-state index contributed by atoms with van der Waals surface area (Å²) < 4.78 is 0. The van der Waals surface area contributed by atoms with Gasteiger partial charge in [0, 0.05) is 18.0 Å². The van der Waals surface area contributed by atoms with Crippen LogP contribution in [0.2, 0.25) is 0 Å². The van der Waals surface area contributed by atoms with Crippen molar-refractivity contribution in [1.82, 2.24) is 4.90 Å². The second kappa shape index (κ2) is 7.59. The van der Waals surface area contributed by atoms with Gasteiger partial charge < -0.3 is 4.90 Å². The van der Waals surface area contributed by atoms with Crippen LogP contribution in [0.25, 0.3) is 0 Å². The molecule has 2 nitrogen and oxygen atoms in total. The van der Waals surface area contributed by atoms with Gasteiger partial charge in [-0.1, -0.05) is 31.9 Å². The van der Waals surface area contributed by atoms with Crippen molar-refractivity contribution in [3.63, 3.8) is 0 Å². The highest BCUT2D eigenvalue weighted by Gasteiger charge is 2.19. The number of hydrogen-bond donors (Lipinski definition) is 0. The number of thioether (sulfide) groups is 1. The maximum absolute atomic E-state index is 12.6. The minimum Gasteiger partial charge on any atom is -0.339 e. The molecule has 1 fully saturated rings. The maximum Gasteiger partial charge on any atom is 0.254 e. The van der Waals surface area contributed by atoms with Gasteiger partial charge in [-0.3, -0.25) is 4.79 Å². The van der Waals surface area contributed by atoms with Gasteiger partial charge in [-0.05, 0) is 37.1 Å². The second-order valence-corrected chi connectivity index (χ2v) is 6.19. The summed E-state index contributed by atoms with van der Waals surface area (Å²) in [7, 11) is 0. The van der Waals surface area contributed by atoms with Crippen LogP contribution in [-0.2, 0) is 0 Å². The van der Waals surface area contributed by atoms with Gasteiger partial charge in [0.05, 0.1) is 5.56 Å². The number of amides is 1. The smallest absolute Gasteiger partial charge is 0.254 e. The summed E-state index contributed by atoms with van der Waals surface area (Å²) in [6, 6.07) is 8.05. The molecular formula is C16H23NOS. The van der Waals surface area contributed by atoms with E-state index in [-0.39, 0.29) is 5.91 Å². The van der Waals surface area contributed by atoms with Gasteiger partial charge in [-0.2, -0.15) is 0 Å². The Kier molecular flexibility index (Phi) is 5.77. The largest absolute Gasteiger partial charge is 0.339 e. The Hall–Kier alpha value is -0.960. The molecule has 19 heavy (non-hydrogen) atoms. The summed E-state index contributed by atoms with van der Waals surface area (Å²) in [4.78, 5) is 15.8. The van der Waals surface area contributed by atoms with Gasteiger partial charge in [0.1, 0.15) is 0 Å². The van der Waals surface area contributed by atoms with Crippen LogP contribution in [-0.4, -0.2) is 29.6 Å². The highest BCUT2D eigenvalue weighted by Crippen LogP contribution is 2.25. The molecule has 0 saturated carbocycles. The third-order valence-corrected chi connectivity index (χ3v) is 4.75. The van der Waals surface area contributed by atoms with Gasteiger partial charge in [-0.25, -0.2) is 0 Å². The topological polar surface area (TPSA) is 20.3 Å². The standard InChI is InChI=1S/C16H23NOS/c1-2-13-19-15-10-6-5-9-14(15)16(18)17-11-7-3-4-8-12-17/h5-6,9-10H,2-4,7-8,11-13H2,1H3. The van der Waals surface area contributed by atoms with Crippen LogP contribution in [0, 0.1) is 0 Å². The van der Waals surface area contributed by atoms with Crippen molar-refractivity contribution >= 4 is 17.7 Å². The molecule has 1 heterocycles. The zero-order valence-corrected chi connectivity index (χ0v) is 12.5. The quantitative estimate of drug-likeness (QED) is 0.769. The Morgan fingerprint density at radius 3 is 2.53 bits per heavy atom. The van der Waals surface area contributed by atoms with Crippen LogP contribution in [0.3, 0.4) is 0 Å². The molecule has 0 N–H and O–H groups in total. The summed E-state index contributed by atoms with van der Waals surface area (Å²) >= 11 is 1.80. The van der Waals surface area contributed by atoms with Gasteiger partial charge >= 0.3 is 0 Å². The summed E-state index contributed by atoms with van der Waals surface area (Å²) in [5, 5.41) is 0. The molecule has 3 heteroatoms. The van der Waals surface area contributed by atoms with E-state index in [1.807, 2.05) is 23.1 Å². The number of benzene rings is 1. The fourth-order valence-electron chi connectivity index (χ4n) is 2.43. The lowest BCUT2D eigenvalue weighted by Gasteiger charge is -2.21. The Morgan fingerprint density at radius 2 is 1.84 bits per heavy atom. The van der Waals surface area contributed by atoms with E-state index in [1.165, 1.54) is 12.8 Å². The normalized spacial score (nSPS) is 16.2. The molecule has 0 unspecified atom stereocenters. The molecule has 1 aromatic carbocycles. The fourth-order valence-corrected chi connectivity index (χ4v) is 3.34. The molecule has 1 aliphatic heterocycles. The molecular weight excluding hydrogens is 254 g/mol. The fraction of sp³-hybridized carbons (Fsp3) is 0.562. The Morgan fingerprint density at radius 1 is 1.16 bits per heavy atom. The summed E-state index contributed by atoms with van der Waals surface area (Å²) in [5.41, 5.74) is 0.892. The van der Waals surface area contributed by atoms with Crippen molar-refractivity contribution in [3.05, 3.63) is 29.8 Å². The number of hydrogen-bond acceptors (Lipinski definition) is 2. The molecule has 1 saturated heterocycles. The number of carbonyl (C=O) groups is 1. The van der Waals surface area contributed by atoms with Crippen LogP contribution >= 0.6 is 11.8 Å². The van der Waals surface area contributed by atoms with E-state index >= 15 is 0 Å². The van der Waals surface area contributed by atoms with Gasteiger partial charge in [0.25, 0.3) is 5.91 Å². The van der Waals surface area contributed by atoms with Gasteiger partial charge in [0.2, 0.25) is 0 Å². The van der Waals surface area contributed by atoms with Gasteiger partial charge in [0.15, 0.2) is 0 Å². The molecule has 0 bridgehead atoms. The molecule has 0 radical (unpaired) electrons. The molecule has 0 aromatic heterocycles. The molecule has 0 aliphatic carbocycles. The number of carbonyl (C=O) groups excluding carboxylic acids is 1. The molecule has 1 amide bonds. The third kappa shape index (κ3) is 4.00. The predicted molar refractivity (Wildman–Crippen MR) is 81.8 cm³/mol. The molecule has 1 aliphatic rings. The molecule has 104 valence electrons.